The van der Waals surface area contributed by atoms with Crippen LogP contribution in [0.15, 0.2) is 18.2 Å². The molecule has 2 radical (unpaired) electrons. The smallest absolute Gasteiger partial charge is 0.338 e. The third-order valence-electron chi connectivity index (χ3n) is 2.17. The molecule has 0 fully saturated rings. The summed E-state index contributed by atoms with van der Waals surface area (Å²) in [5.41, 5.74) is 6.90. The lowest BCUT2D eigenvalue weighted by atomic mass is 9.94. The Labute approximate surface area is 106 Å². The van der Waals surface area contributed by atoms with Crippen LogP contribution in [-0.2, 0) is 21.2 Å². The van der Waals surface area contributed by atoms with Crippen LogP contribution in [0.5, 0.6) is 0 Å². The van der Waals surface area contributed by atoms with E-state index in [1.165, 1.54) is 18.2 Å². The number of rotatable bonds is 5. The Morgan fingerprint density at radius 1 is 1.44 bits per heavy atom. The van der Waals surface area contributed by atoms with E-state index in [4.69, 9.17) is 18.1 Å². The number of carbonyl (C=O) groups is 1. The molecule has 0 heterocycles. The number of anilines is 1. The minimum Gasteiger partial charge on any atom is -0.461 e. The number of hydrogen-bond acceptors (Lipinski definition) is 5. The van der Waals surface area contributed by atoms with Gasteiger partial charge >= 0.3 is 5.97 Å². The quantitative estimate of drug-likeness (QED) is 0.337. The first-order chi connectivity index (χ1) is 8.33. The van der Waals surface area contributed by atoms with E-state index >= 15 is 0 Å². The van der Waals surface area contributed by atoms with Gasteiger partial charge in [0.15, 0.2) is 0 Å². The summed E-state index contributed by atoms with van der Waals surface area (Å²) in [5, 5.41) is 0. The van der Waals surface area contributed by atoms with Crippen molar-refractivity contribution in [3.8, 4) is 0 Å². The van der Waals surface area contributed by atoms with Gasteiger partial charge in [-0.15, -0.1) is 0 Å². The lowest BCUT2D eigenvalue weighted by molar-refractivity contribution is 0.0528. The maximum Gasteiger partial charge on any atom is 0.338 e. The average Bonchev–Trinajstić information content (AvgIpc) is 2.27. The highest BCUT2D eigenvalue weighted by Gasteiger charge is 2.11. The minimum absolute atomic E-state index is 0.179. The van der Waals surface area contributed by atoms with E-state index in [1.54, 1.807) is 0 Å². The zero-order valence-corrected chi connectivity index (χ0v) is 10.3. The second-order valence-corrected chi connectivity index (χ2v) is 5.11. The van der Waals surface area contributed by atoms with Crippen LogP contribution in [0.2, 0.25) is 0 Å². The van der Waals surface area contributed by atoms with Gasteiger partial charge in [0.25, 0.3) is 10.1 Å². The van der Waals surface area contributed by atoms with E-state index in [0.29, 0.717) is 11.3 Å². The first-order valence-corrected chi connectivity index (χ1v) is 6.65. The summed E-state index contributed by atoms with van der Waals surface area (Å²) in [4.78, 5) is 11.5. The van der Waals surface area contributed by atoms with Crippen LogP contribution in [0.3, 0.4) is 0 Å². The molecule has 0 aromatic heterocycles. The minimum atomic E-state index is -4.14. The van der Waals surface area contributed by atoms with Crippen LogP contribution in [-0.4, -0.2) is 39.1 Å². The zero-order valence-electron chi connectivity index (χ0n) is 9.50. The van der Waals surface area contributed by atoms with Crippen molar-refractivity contribution < 1.29 is 22.5 Å². The predicted molar refractivity (Wildman–Crippen MR) is 67.0 cm³/mol. The van der Waals surface area contributed by atoms with Gasteiger partial charge in [-0.3, -0.25) is 4.55 Å². The molecule has 0 unspecified atom stereocenters. The third-order valence-corrected chi connectivity index (χ3v) is 2.86. The molecule has 0 aliphatic rings. The van der Waals surface area contributed by atoms with Gasteiger partial charge in [0.1, 0.15) is 12.4 Å². The van der Waals surface area contributed by atoms with Crippen LogP contribution < -0.4 is 5.73 Å². The number of benzene rings is 1. The molecular weight excluding hydrogens is 257 g/mol. The topological polar surface area (TPSA) is 107 Å². The molecule has 0 spiro atoms. The second-order valence-electron chi connectivity index (χ2n) is 3.54. The summed E-state index contributed by atoms with van der Waals surface area (Å²) in [6.07, 6.45) is 0.179. The van der Waals surface area contributed by atoms with Gasteiger partial charge in [0.05, 0.1) is 13.4 Å². The van der Waals surface area contributed by atoms with Crippen molar-refractivity contribution in [2.75, 3.05) is 18.1 Å². The lowest BCUT2D eigenvalue weighted by Crippen LogP contribution is -2.15. The highest BCUT2D eigenvalue weighted by atomic mass is 32.2. The number of esters is 1. The zero-order chi connectivity index (χ0) is 13.8. The molecule has 0 saturated carbocycles. The number of carbonyl (C=O) groups excluding carboxylic acids is 1. The summed E-state index contributed by atoms with van der Waals surface area (Å²) in [6, 6.07) is 4.44. The third kappa shape index (κ3) is 4.38. The summed E-state index contributed by atoms with van der Waals surface area (Å²) in [6.45, 7) is -0.417. The molecule has 6 nitrogen and oxygen atoms in total. The van der Waals surface area contributed by atoms with E-state index in [2.05, 4.69) is 4.74 Å². The molecule has 0 aliphatic heterocycles. The fourth-order valence-corrected chi connectivity index (χ4v) is 1.53. The van der Waals surface area contributed by atoms with E-state index < -0.39 is 28.4 Å². The molecule has 1 aromatic rings. The molecule has 1 rings (SSSR count). The van der Waals surface area contributed by atoms with Crippen LogP contribution in [0.1, 0.15) is 15.9 Å². The molecule has 0 bridgehead atoms. The Balaban J connectivity index is 2.67. The SMILES string of the molecule is [B]Cc1cc(C(=O)OCCS(=O)(=O)O)ccc1N. The van der Waals surface area contributed by atoms with Crippen molar-refractivity contribution in [2.24, 2.45) is 0 Å². The van der Waals surface area contributed by atoms with Crippen molar-refractivity contribution >= 4 is 29.6 Å². The largest absolute Gasteiger partial charge is 0.461 e. The standard InChI is InChI=1S/C10H12BNO5S/c11-6-8-5-7(1-2-9(8)12)10(13)17-3-4-18(14,15)16/h1-2,5H,3-4,6,12H2,(H,14,15,16). The fourth-order valence-electron chi connectivity index (χ4n) is 1.23. The number of nitrogen functional groups attached to an aromatic ring is 1. The monoisotopic (exact) mass is 269 g/mol. The van der Waals surface area contributed by atoms with Gasteiger partial charge < -0.3 is 10.5 Å². The van der Waals surface area contributed by atoms with Gasteiger partial charge in [-0.2, -0.15) is 8.42 Å². The Morgan fingerprint density at radius 3 is 2.67 bits per heavy atom. The van der Waals surface area contributed by atoms with E-state index in [9.17, 15) is 13.2 Å². The maximum absolute atomic E-state index is 11.5. The molecule has 96 valence electrons. The molecule has 0 atom stereocenters. The van der Waals surface area contributed by atoms with E-state index in [-0.39, 0.29) is 11.9 Å². The van der Waals surface area contributed by atoms with Crippen molar-refractivity contribution in [1.29, 1.82) is 0 Å². The highest BCUT2D eigenvalue weighted by molar-refractivity contribution is 7.85. The maximum atomic E-state index is 11.5. The molecule has 0 saturated heterocycles. The van der Waals surface area contributed by atoms with Gasteiger partial charge in [-0.1, -0.05) is 6.32 Å². The summed E-state index contributed by atoms with van der Waals surface area (Å²) < 4.78 is 34.0. The van der Waals surface area contributed by atoms with Gasteiger partial charge in [0.2, 0.25) is 0 Å². The van der Waals surface area contributed by atoms with Crippen molar-refractivity contribution in [3.63, 3.8) is 0 Å². The van der Waals surface area contributed by atoms with Crippen LogP contribution in [0.4, 0.5) is 5.69 Å². The second kappa shape index (κ2) is 5.88. The number of ether oxygens (including phenoxy) is 1. The van der Waals surface area contributed by atoms with Crippen LogP contribution in [0, 0.1) is 0 Å². The fraction of sp³-hybridized carbons (Fsp3) is 0.300. The molecule has 3 N–H and O–H groups in total. The van der Waals surface area contributed by atoms with Crippen LogP contribution >= 0.6 is 0 Å². The molecule has 0 amide bonds. The molecule has 18 heavy (non-hydrogen) atoms. The Morgan fingerprint density at radius 2 is 2.11 bits per heavy atom. The predicted octanol–water partition coefficient (Wildman–Crippen LogP) is -0.0181. The number of nitrogens with two attached hydrogens (primary N) is 1. The van der Waals surface area contributed by atoms with Crippen molar-refractivity contribution in [2.45, 2.75) is 6.32 Å². The molecule has 8 heteroatoms. The number of hydrogen-bond donors (Lipinski definition) is 2. The van der Waals surface area contributed by atoms with E-state index in [1.807, 2.05) is 0 Å². The molecule has 0 aliphatic carbocycles. The van der Waals surface area contributed by atoms with Crippen molar-refractivity contribution in [1.82, 2.24) is 0 Å². The summed E-state index contributed by atoms with van der Waals surface area (Å²) >= 11 is 0. The van der Waals surface area contributed by atoms with Gasteiger partial charge in [-0.25, -0.2) is 4.79 Å². The van der Waals surface area contributed by atoms with Gasteiger partial charge in [0, 0.05) is 5.69 Å². The Kier molecular flexibility index (Phi) is 4.74. The van der Waals surface area contributed by atoms with Crippen molar-refractivity contribution in [3.05, 3.63) is 29.3 Å². The Bertz CT molecular complexity index is 543. The van der Waals surface area contributed by atoms with E-state index in [0.717, 1.165) is 0 Å². The van der Waals surface area contributed by atoms with Gasteiger partial charge in [-0.05, 0) is 23.8 Å². The average molecular weight is 269 g/mol. The first-order valence-electron chi connectivity index (χ1n) is 5.04. The lowest BCUT2D eigenvalue weighted by Gasteiger charge is -2.07. The molecular formula is C10H12BNO5S. The highest BCUT2D eigenvalue weighted by Crippen LogP contribution is 2.14. The first kappa shape index (κ1) is 14.5. The summed E-state index contributed by atoms with van der Waals surface area (Å²) in [5.74, 6) is -1.34. The normalized spacial score (nSPS) is 11.2. The summed E-state index contributed by atoms with van der Waals surface area (Å²) in [7, 11) is 1.29. The Hall–Kier alpha value is -1.54. The molecule has 1 aromatic carbocycles. The van der Waals surface area contributed by atoms with Crippen LogP contribution in [0.25, 0.3) is 0 Å².